The molecule has 0 heterocycles. The summed E-state index contributed by atoms with van der Waals surface area (Å²) in [5.41, 5.74) is -0.698. The fraction of sp³-hybridized carbons (Fsp3) is 0.375. The predicted octanol–water partition coefficient (Wildman–Crippen LogP) is 2.62. The number of carbonyl (C=O) groups excluding carboxylic acids is 1. The van der Waals surface area contributed by atoms with Crippen molar-refractivity contribution in [2.45, 2.75) is 37.9 Å². The van der Waals surface area contributed by atoms with Gasteiger partial charge in [-0.25, -0.2) is 4.79 Å². The molecule has 23 heavy (non-hydrogen) atoms. The predicted molar refractivity (Wildman–Crippen MR) is 77.4 cm³/mol. The maximum atomic E-state index is 12.6. The van der Waals surface area contributed by atoms with Crippen LogP contribution in [-0.4, -0.2) is 23.0 Å². The average Bonchev–Trinajstić information content (AvgIpc) is 2.45. The number of aliphatic carboxylic acids is 1. The summed E-state index contributed by atoms with van der Waals surface area (Å²) in [6, 6.07) is 3.24. The second kappa shape index (κ2) is 8.22. The molecule has 0 saturated carbocycles. The van der Waals surface area contributed by atoms with Crippen LogP contribution in [0.15, 0.2) is 24.3 Å². The third kappa shape index (κ3) is 6.43. The first-order valence-electron chi connectivity index (χ1n) is 6.86. The van der Waals surface area contributed by atoms with E-state index in [1.165, 1.54) is 12.1 Å². The number of carbonyl (C=O) groups is 2. The van der Waals surface area contributed by atoms with Crippen LogP contribution in [0.5, 0.6) is 0 Å². The molecule has 1 atom stereocenters. The lowest BCUT2D eigenvalue weighted by atomic mass is 10.1. The summed E-state index contributed by atoms with van der Waals surface area (Å²) in [6.07, 6.45) is 1.21. The Kier molecular flexibility index (Phi) is 6.64. The number of rotatable bonds is 7. The number of nitrogens with one attached hydrogen (secondary N) is 1. The largest absolute Gasteiger partial charge is 0.480 e. The molecule has 1 amide bonds. The molecule has 4 nitrogen and oxygen atoms in total. The van der Waals surface area contributed by atoms with Crippen molar-refractivity contribution in [3.63, 3.8) is 0 Å². The molecule has 0 unspecified atom stereocenters. The first-order chi connectivity index (χ1) is 10.7. The van der Waals surface area contributed by atoms with Crippen LogP contribution in [0.4, 0.5) is 13.2 Å². The van der Waals surface area contributed by atoms with Gasteiger partial charge in [0.1, 0.15) is 6.04 Å². The van der Waals surface area contributed by atoms with Crippen LogP contribution in [0, 0.1) is 12.3 Å². The van der Waals surface area contributed by atoms with E-state index in [9.17, 15) is 22.8 Å². The zero-order valence-corrected chi connectivity index (χ0v) is 12.2. The van der Waals surface area contributed by atoms with Gasteiger partial charge in [0.25, 0.3) is 0 Å². The van der Waals surface area contributed by atoms with E-state index in [0.29, 0.717) is 12.8 Å². The van der Waals surface area contributed by atoms with Crippen molar-refractivity contribution >= 4 is 11.9 Å². The number of halogens is 3. The summed E-state index contributed by atoms with van der Waals surface area (Å²) in [5, 5.41) is 11.3. The smallest absolute Gasteiger partial charge is 0.416 e. The van der Waals surface area contributed by atoms with Crippen molar-refractivity contribution in [3.8, 4) is 12.3 Å². The van der Waals surface area contributed by atoms with Crippen LogP contribution in [0.1, 0.15) is 30.4 Å². The van der Waals surface area contributed by atoms with Crippen LogP contribution in [-0.2, 0) is 22.2 Å². The van der Waals surface area contributed by atoms with Gasteiger partial charge in [0.05, 0.1) is 12.0 Å². The Morgan fingerprint density at radius 3 is 2.61 bits per heavy atom. The molecule has 0 aromatic heterocycles. The quantitative estimate of drug-likeness (QED) is 0.598. The van der Waals surface area contributed by atoms with Crippen molar-refractivity contribution in [1.29, 1.82) is 0 Å². The van der Waals surface area contributed by atoms with E-state index in [1.807, 2.05) is 0 Å². The molecule has 0 saturated heterocycles. The van der Waals surface area contributed by atoms with Gasteiger partial charge in [-0.05, 0) is 24.5 Å². The summed E-state index contributed by atoms with van der Waals surface area (Å²) < 4.78 is 37.8. The lowest BCUT2D eigenvalue weighted by Gasteiger charge is -2.14. The van der Waals surface area contributed by atoms with Gasteiger partial charge in [-0.3, -0.25) is 4.79 Å². The SMILES string of the molecule is C#CCCC[C@H](NC(=O)Cc1cccc(C(F)(F)F)c1)C(=O)O. The Labute approximate surface area is 131 Å². The molecule has 7 heteroatoms. The summed E-state index contributed by atoms with van der Waals surface area (Å²) >= 11 is 0. The first kappa shape index (κ1) is 18.6. The minimum Gasteiger partial charge on any atom is -0.480 e. The minimum absolute atomic E-state index is 0.157. The van der Waals surface area contributed by atoms with Gasteiger partial charge >= 0.3 is 12.1 Å². The Balaban J connectivity index is 2.68. The van der Waals surface area contributed by atoms with Crippen LogP contribution >= 0.6 is 0 Å². The third-order valence-electron chi connectivity index (χ3n) is 3.07. The highest BCUT2D eigenvalue weighted by Gasteiger charge is 2.30. The van der Waals surface area contributed by atoms with Gasteiger partial charge in [0, 0.05) is 6.42 Å². The number of carboxylic acids is 1. The molecule has 1 rings (SSSR count). The highest BCUT2D eigenvalue weighted by atomic mass is 19.4. The average molecular weight is 327 g/mol. The number of carboxylic acid groups (broad SMARTS) is 1. The van der Waals surface area contributed by atoms with Crippen molar-refractivity contribution in [2.75, 3.05) is 0 Å². The van der Waals surface area contributed by atoms with Crippen LogP contribution in [0.2, 0.25) is 0 Å². The minimum atomic E-state index is -4.49. The van der Waals surface area contributed by atoms with Gasteiger partial charge in [-0.15, -0.1) is 12.3 Å². The monoisotopic (exact) mass is 327 g/mol. The highest BCUT2D eigenvalue weighted by Crippen LogP contribution is 2.29. The van der Waals surface area contributed by atoms with Gasteiger partial charge in [0.15, 0.2) is 0 Å². The molecular weight excluding hydrogens is 311 g/mol. The molecule has 0 fully saturated rings. The maximum absolute atomic E-state index is 12.6. The number of benzene rings is 1. The molecule has 0 aliphatic heterocycles. The van der Waals surface area contributed by atoms with Crippen molar-refractivity contribution in [3.05, 3.63) is 35.4 Å². The normalized spacial score (nSPS) is 12.3. The van der Waals surface area contributed by atoms with Crippen molar-refractivity contribution in [1.82, 2.24) is 5.32 Å². The van der Waals surface area contributed by atoms with E-state index in [4.69, 9.17) is 11.5 Å². The Morgan fingerprint density at radius 2 is 2.04 bits per heavy atom. The van der Waals surface area contributed by atoms with Crippen LogP contribution in [0.25, 0.3) is 0 Å². The first-order valence-corrected chi connectivity index (χ1v) is 6.86. The van der Waals surface area contributed by atoms with E-state index in [-0.39, 0.29) is 18.4 Å². The summed E-state index contributed by atoms with van der Waals surface area (Å²) in [4.78, 5) is 22.9. The highest BCUT2D eigenvalue weighted by molar-refractivity contribution is 5.84. The van der Waals surface area contributed by atoms with E-state index in [1.54, 1.807) is 0 Å². The number of unbranched alkanes of at least 4 members (excludes halogenated alkanes) is 1. The summed E-state index contributed by atoms with van der Waals surface area (Å²) in [6.45, 7) is 0. The topological polar surface area (TPSA) is 66.4 Å². The van der Waals surface area contributed by atoms with Gasteiger partial charge in [-0.1, -0.05) is 18.2 Å². The Hall–Kier alpha value is -2.49. The molecule has 0 aliphatic carbocycles. The van der Waals surface area contributed by atoms with Gasteiger partial charge < -0.3 is 10.4 Å². The lowest BCUT2D eigenvalue weighted by molar-refractivity contribution is -0.142. The molecule has 1 aromatic carbocycles. The number of amides is 1. The second-order valence-electron chi connectivity index (χ2n) is 4.93. The van der Waals surface area contributed by atoms with E-state index in [2.05, 4.69) is 11.2 Å². The number of alkyl halides is 3. The van der Waals surface area contributed by atoms with Gasteiger partial charge in [0.2, 0.25) is 5.91 Å². The van der Waals surface area contributed by atoms with Gasteiger partial charge in [-0.2, -0.15) is 13.2 Å². The number of hydrogen-bond acceptors (Lipinski definition) is 2. The molecule has 0 spiro atoms. The zero-order valence-electron chi connectivity index (χ0n) is 12.2. The molecular formula is C16H16F3NO3. The third-order valence-corrected chi connectivity index (χ3v) is 3.07. The number of hydrogen-bond donors (Lipinski definition) is 2. The van der Waals surface area contributed by atoms with Crippen LogP contribution in [0.3, 0.4) is 0 Å². The lowest BCUT2D eigenvalue weighted by Crippen LogP contribution is -2.41. The van der Waals surface area contributed by atoms with Crippen molar-refractivity contribution < 1.29 is 27.9 Å². The summed E-state index contributed by atoms with van der Waals surface area (Å²) in [7, 11) is 0. The molecule has 2 N–H and O–H groups in total. The van der Waals surface area contributed by atoms with Crippen molar-refractivity contribution in [2.24, 2.45) is 0 Å². The summed E-state index contributed by atoms with van der Waals surface area (Å²) in [5.74, 6) is 0.499. The molecule has 1 aromatic rings. The van der Waals surface area contributed by atoms with E-state index >= 15 is 0 Å². The molecule has 0 bridgehead atoms. The standard InChI is InChI=1S/C16H16F3NO3/c1-2-3-4-8-13(15(22)23)20-14(21)10-11-6-5-7-12(9-11)16(17,18)19/h1,5-7,9,13H,3-4,8,10H2,(H,20,21)(H,22,23)/t13-/m0/s1. The number of terminal acetylenes is 1. The van der Waals surface area contributed by atoms with Crippen LogP contribution < -0.4 is 5.32 Å². The second-order valence-corrected chi connectivity index (χ2v) is 4.93. The van der Waals surface area contributed by atoms with E-state index in [0.717, 1.165) is 12.1 Å². The Morgan fingerprint density at radius 1 is 1.35 bits per heavy atom. The molecule has 0 aliphatic rings. The maximum Gasteiger partial charge on any atom is 0.416 e. The Bertz CT molecular complexity index is 605. The molecule has 0 radical (unpaired) electrons. The fourth-order valence-corrected chi connectivity index (χ4v) is 1.95. The zero-order chi connectivity index (χ0) is 17.5. The molecule has 124 valence electrons. The fourth-order valence-electron chi connectivity index (χ4n) is 1.95. The van der Waals surface area contributed by atoms with E-state index < -0.39 is 29.7 Å².